The highest BCUT2D eigenvalue weighted by atomic mass is 16.5. The number of hydrogen-bond acceptors (Lipinski definition) is 8. The van der Waals surface area contributed by atoms with Crippen molar-refractivity contribution in [3.05, 3.63) is 41.2 Å². The first kappa shape index (κ1) is 20.6. The van der Waals surface area contributed by atoms with Crippen molar-refractivity contribution in [3.63, 3.8) is 0 Å². The van der Waals surface area contributed by atoms with Gasteiger partial charge < -0.3 is 19.5 Å². The van der Waals surface area contributed by atoms with Gasteiger partial charge in [-0.3, -0.25) is 9.69 Å². The fourth-order valence-corrected chi connectivity index (χ4v) is 4.28. The third-order valence-electron chi connectivity index (χ3n) is 5.98. The van der Waals surface area contributed by atoms with Crippen LogP contribution in [0.3, 0.4) is 0 Å². The predicted octanol–water partition coefficient (Wildman–Crippen LogP) is 1.52. The summed E-state index contributed by atoms with van der Waals surface area (Å²) in [5.41, 5.74) is 2.42. The van der Waals surface area contributed by atoms with Gasteiger partial charge in [0.15, 0.2) is 5.78 Å². The standard InChI is InChI=1S/C22H28N4O4/c1-29-16-3-4-17(21(13-16)30-2)15-11-19-18(20(28)12-15)14-23-22(24-19)26-7-5-25(6-8-26)9-10-27/h3-4,13-15,27H,5-12H2,1-2H3/t15-/m0/s1. The van der Waals surface area contributed by atoms with Gasteiger partial charge >= 0.3 is 0 Å². The summed E-state index contributed by atoms with van der Waals surface area (Å²) in [6, 6.07) is 5.73. The SMILES string of the molecule is COc1ccc([C@@H]2CC(=O)c3cnc(N4CCN(CCO)CC4)nc3C2)c(OC)c1. The molecule has 8 heteroatoms. The van der Waals surface area contributed by atoms with Gasteiger partial charge in [0.25, 0.3) is 0 Å². The lowest BCUT2D eigenvalue weighted by molar-refractivity contribution is 0.0962. The van der Waals surface area contributed by atoms with Crippen LogP contribution in [0.15, 0.2) is 24.4 Å². The number of ether oxygens (including phenoxy) is 2. The first-order valence-corrected chi connectivity index (χ1v) is 10.3. The second-order valence-electron chi connectivity index (χ2n) is 7.72. The molecule has 1 aliphatic heterocycles. The molecule has 1 saturated heterocycles. The normalized spacial score (nSPS) is 19.5. The van der Waals surface area contributed by atoms with Crippen LogP contribution in [0, 0.1) is 0 Å². The summed E-state index contributed by atoms with van der Waals surface area (Å²) in [6.07, 6.45) is 2.77. The van der Waals surface area contributed by atoms with Gasteiger partial charge in [0, 0.05) is 57.3 Å². The van der Waals surface area contributed by atoms with Gasteiger partial charge in [-0.05, 0) is 18.1 Å². The van der Waals surface area contributed by atoms with Crippen LogP contribution in [0.2, 0.25) is 0 Å². The van der Waals surface area contributed by atoms with E-state index in [2.05, 4.69) is 14.8 Å². The lowest BCUT2D eigenvalue weighted by Gasteiger charge is -2.34. The number of β-amino-alcohol motifs (C(OH)–C–C–N with tert-alkyl or cyclic N) is 1. The maximum absolute atomic E-state index is 12.8. The Hall–Kier alpha value is -2.71. The maximum Gasteiger partial charge on any atom is 0.225 e. The number of anilines is 1. The number of rotatable bonds is 6. The van der Waals surface area contributed by atoms with Crippen molar-refractivity contribution in [1.82, 2.24) is 14.9 Å². The van der Waals surface area contributed by atoms with Crippen LogP contribution in [0.5, 0.6) is 11.5 Å². The van der Waals surface area contributed by atoms with E-state index in [1.165, 1.54) is 0 Å². The molecule has 8 nitrogen and oxygen atoms in total. The molecular weight excluding hydrogens is 384 g/mol. The zero-order valence-corrected chi connectivity index (χ0v) is 17.5. The number of aliphatic hydroxyl groups excluding tert-OH is 1. The number of ketones is 1. The maximum atomic E-state index is 12.8. The monoisotopic (exact) mass is 412 g/mol. The van der Waals surface area contributed by atoms with Crippen LogP contribution in [0.4, 0.5) is 5.95 Å². The highest BCUT2D eigenvalue weighted by Crippen LogP contribution is 2.38. The van der Waals surface area contributed by atoms with E-state index in [0.29, 0.717) is 30.9 Å². The highest BCUT2D eigenvalue weighted by molar-refractivity contribution is 5.98. The summed E-state index contributed by atoms with van der Waals surface area (Å²) in [6.45, 7) is 4.22. The minimum atomic E-state index is 0.00927. The zero-order chi connectivity index (χ0) is 21.1. The third-order valence-corrected chi connectivity index (χ3v) is 5.98. The summed E-state index contributed by atoms with van der Waals surface area (Å²) < 4.78 is 10.9. The Balaban J connectivity index is 1.55. The number of nitrogens with zero attached hydrogens (tertiary/aromatic N) is 4. The Labute approximate surface area is 176 Å². The molecule has 0 saturated carbocycles. The molecule has 4 rings (SSSR count). The molecule has 2 aromatic rings. The molecule has 0 bridgehead atoms. The van der Waals surface area contributed by atoms with Crippen molar-refractivity contribution in [2.75, 3.05) is 58.5 Å². The van der Waals surface area contributed by atoms with Gasteiger partial charge in [0.2, 0.25) is 5.95 Å². The third kappa shape index (κ3) is 4.11. The van der Waals surface area contributed by atoms with E-state index in [9.17, 15) is 4.79 Å². The number of Topliss-reactive ketones (excluding diaryl/α,β-unsaturated/α-hetero) is 1. The quantitative estimate of drug-likeness (QED) is 0.764. The number of aromatic nitrogens is 2. The van der Waals surface area contributed by atoms with Gasteiger partial charge in [-0.1, -0.05) is 6.07 Å². The Bertz CT molecular complexity index is 912. The molecule has 1 atom stereocenters. The molecule has 0 spiro atoms. The van der Waals surface area contributed by atoms with Crippen LogP contribution in [-0.4, -0.2) is 79.3 Å². The van der Waals surface area contributed by atoms with E-state index in [-0.39, 0.29) is 18.3 Å². The Kier molecular flexibility index (Phi) is 6.15. The van der Waals surface area contributed by atoms with Crippen molar-refractivity contribution in [2.24, 2.45) is 0 Å². The number of fused-ring (bicyclic) bond motifs is 1. The van der Waals surface area contributed by atoms with Crippen molar-refractivity contribution in [3.8, 4) is 11.5 Å². The largest absolute Gasteiger partial charge is 0.497 e. The van der Waals surface area contributed by atoms with E-state index in [4.69, 9.17) is 19.6 Å². The van der Waals surface area contributed by atoms with Crippen LogP contribution in [-0.2, 0) is 6.42 Å². The second-order valence-corrected chi connectivity index (χ2v) is 7.72. The van der Waals surface area contributed by atoms with E-state index < -0.39 is 0 Å². The van der Waals surface area contributed by atoms with Crippen LogP contribution in [0.25, 0.3) is 0 Å². The van der Waals surface area contributed by atoms with E-state index in [1.54, 1.807) is 20.4 Å². The number of methoxy groups -OCH3 is 2. The number of carbonyl (C=O) groups is 1. The fraction of sp³-hybridized carbons (Fsp3) is 0.500. The molecular formula is C22H28N4O4. The first-order chi connectivity index (χ1) is 14.6. The highest BCUT2D eigenvalue weighted by Gasteiger charge is 2.31. The van der Waals surface area contributed by atoms with Gasteiger partial charge in [-0.2, -0.15) is 0 Å². The smallest absolute Gasteiger partial charge is 0.225 e. The predicted molar refractivity (Wildman–Crippen MR) is 113 cm³/mol. The second kappa shape index (κ2) is 8.97. The van der Waals surface area contributed by atoms with E-state index in [0.717, 1.165) is 48.9 Å². The van der Waals surface area contributed by atoms with Gasteiger partial charge in [0.1, 0.15) is 11.5 Å². The molecule has 2 aliphatic rings. The van der Waals surface area contributed by atoms with Crippen molar-refractivity contribution >= 4 is 11.7 Å². The first-order valence-electron chi connectivity index (χ1n) is 10.3. The minimum Gasteiger partial charge on any atom is -0.497 e. The zero-order valence-electron chi connectivity index (χ0n) is 17.5. The summed E-state index contributed by atoms with van der Waals surface area (Å²) in [5.74, 6) is 2.20. The van der Waals surface area contributed by atoms with E-state index in [1.807, 2.05) is 18.2 Å². The lowest BCUT2D eigenvalue weighted by atomic mass is 9.82. The van der Waals surface area contributed by atoms with Gasteiger partial charge in [0.05, 0.1) is 32.1 Å². The molecule has 160 valence electrons. The lowest BCUT2D eigenvalue weighted by Crippen LogP contribution is -2.47. The van der Waals surface area contributed by atoms with Crippen molar-refractivity contribution in [1.29, 1.82) is 0 Å². The van der Waals surface area contributed by atoms with Crippen molar-refractivity contribution in [2.45, 2.75) is 18.8 Å². The molecule has 1 fully saturated rings. The summed E-state index contributed by atoms with van der Waals surface area (Å²) in [5, 5.41) is 9.12. The number of benzene rings is 1. The molecule has 2 heterocycles. The van der Waals surface area contributed by atoms with E-state index >= 15 is 0 Å². The summed E-state index contributed by atoms with van der Waals surface area (Å²) in [4.78, 5) is 26.4. The molecule has 0 amide bonds. The molecule has 1 N–H and O–H groups in total. The van der Waals surface area contributed by atoms with Crippen molar-refractivity contribution < 1.29 is 19.4 Å². The molecule has 0 unspecified atom stereocenters. The van der Waals surface area contributed by atoms with Gasteiger partial charge in [-0.15, -0.1) is 0 Å². The molecule has 1 aliphatic carbocycles. The fourth-order valence-electron chi connectivity index (χ4n) is 4.28. The Morgan fingerprint density at radius 3 is 2.63 bits per heavy atom. The summed E-state index contributed by atoms with van der Waals surface area (Å²) >= 11 is 0. The Morgan fingerprint density at radius 1 is 1.13 bits per heavy atom. The molecule has 1 aromatic carbocycles. The topological polar surface area (TPSA) is 88.0 Å². The minimum absolute atomic E-state index is 0.00927. The number of piperazine rings is 1. The Morgan fingerprint density at radius 2 is 1.93 bits per heavy atom. The number of aliphatic hydroxyl groups is 1. The molecule has 30 heavy (non-hydrogen) atoms. The van der Waals surface area contributed by atoms with Crippen LogP contribution in [0.1, 0.15) is 34.0 Å². The molecule has 0 radical (unpaired) electrons. The average molecular weight is 412 g/mol. The number of hydrogen-bond donors (Lipinski definition) is 1. The molecule has 1 aromatic heterocycles. The number of carbonyl (C=O) groups excluding carboxylic acids is 1. The average Bonchev–Trinajstić information content (AvgIpc) is 2.79. The van der Waals surface area contributed by atoms with Crippen LogP contribution < -0.4 is 14.4 Å². The van der Waals surface area contributed by atoms with Crippen LogP contribution >= 0.6 is 0 Å². The van der Waals surface area contributed by atoms with Gasteiger partial charge in [-0.25, -0.2) is 9.97 Å². The summed E-state index contributed by atoms with van der Waals surface area (Å²) in [7, 11) is 3.25.